The fourth-order valence-corrected chi connectivity index (χ4v) is 4.86. The van der Waals surface area contributed by atoms with E-state index in [1.54, 1.807) is 13.8 Å². The van der Waals surface area contributed by atoms with E-state index >= 15 is 0 Å². The quantitative estimate of drug-likeness (QED) is 0.228. The van der Waals surface area contributed by atoms with Crippen LogP contribution in [-0.2, 0) is 27.2 Å². The number of nitrogens with zero attached hydrogens (tertiary/aromatic N) is 2. The van der Waals surface area contributed by atoms with E-state index < -0.39 is 41.5 Å². The molecular weight excluding hydrogens is 563 g/mol. The van der Waals surface area contributed by atoms with Crippen molar-refractivity contribution in [2.24, 2.45) is 5.14 Å². The number of rotatable bonds is 12. The smallest absolute Gasteiger partial charge is 0.365 e. The molecule has 0 spiro atoms. The van der Waals surface area contributed by atoms with E-state index in [4.69, 9.17) is 19.6 Å². The molecule has 0 aliphatic heterocycles. The average molecular weight is 601 g/mol. The van der Waals surface area contributed by atoms with E-state index in [1.807, 2.05) is 22.8 Å². The second-order valence-corrected chi connectivity index (χ2v) is 19.4. The summed E-state index contributed by atoms with van der Waals surface area (Å²) in [5, 5.41) is 5.72. The van der Waals surface area contributed by atoms with Gasteiger partial charge >= 0.3 is 6.18 Å². The summed E-state index contributed by atoms with van der Waals surface area (Å²) < 4.78 is 66.0. The summed E-state index contributed by atoms with van der Waals surface area (Å²) in [6, 6.07) is 6.57. The van der Waals surface area contributed by atoms with Gasteiger partial charge in [-0.3, -0.25) is 5.14 Å². The SMILES string of the molecule is CC(C)(C[C@@H](COC(C)(C)C(F)(F)F)c1nc2ccc(Br)cc2n1COCC[Si](C)(C)C)S(N)=O. The highest BCUT2D eigenvalue weighted by atomic mass is 79.9. The van der Waals surface area contributed by atoms with E-state index in [-0.39, 0.29) is 19.8 Å². The van der Waals surface area contributed by atoms with E-state index in [9.17, 15) is 17.4 Å². The fourth-order valence-electron chi connectivity index (χ4n) is 3.39. The first kappa shape index (κ1) is 30.4. The van der Waals surface area contributed by atoms with E-state index in [0.29, 0.717) is 17.9 Å². The predicted molar refractivity (Wildman–Crippen MR) is 141 cm³/mol. The van der Waals surface area contributed by atoms with Crippen molar-refractivity contribution >= 4 is 46.0 Å². The molecule has 2 rings (SSSR count). The van der Waals surface area contributed by atoms with E-state index in [2.05, 4.69) is 35.6 Å². The number of halogens is 4. The minimum Gasteiger partial charge on any atom is -0.365 e. The van der Waals surface area contributed by atoms with Gasteiger partial charge in [0, 0.05) is 25.1 Å². The van der Waals surface area contributed by atoms with Gasteiger partial charge in [0.15, 0.2) is 5.60 Å². The zero-order chi connectivity index (χ0) is 26.8. The van der Waals surface area contributed by atoms with Crippen molar-refractivity contribution in [1.29, 1.82) is 0 Å². The molecule has 0 fully saturated rings. The van der Waals surface area contributed by atoms with Gasteiger partial charge in [0.1, 0.15) is 12.6 Å². The standard InChI is InChI=1S/C23H37BrF3N3O3SSi/c1-21(2,34(28)31)13-16(14-33-22(3,4)23(25,26)27)20-29-18-9-8-17(24)12-19(18)30(20)15-32-10-11-35(5,6)7/h8-9,12,16H,10-11,13-15,28H2,1-7H3/t16-,34?/m0/s1. The van der Waals surface area contributed by atoms with Gasteiger partial charge in [-0.05, 0) is 58.4 Å². The van der Waals surface area contributed by atoms with Gasteiger partial charge < -0.3 is 14.0 Å². The van der Waals surface area contributed by atoms with Crippen LogP contribution in [0.15, 0.2) is 22.7 Å². The lowest BCUT2D eigenvalue weighted by Crippen LogP contribution is -2.43. The maximum absolute atomic E-state index is 13.5. The molecule has 1 heterocycles. The first-order valence-electron chi connectivity index (χ1n) is 11.4. The van der Waals surface area contributed by atoms with E-state index in [0.717, 1.165) is 29.9 Å². The zero-order valence-corrected chi connectivity index (χ0v) is 24.9. The third kappa shape index (κ3) is 8.36. The van der Waals surface area contributed by atoms with Crippen molar-refractivity contribution in [3.05, 3.63) is 28.5 Å². The maximum Gasteiger partial charge on any atom is 0.416 e. The molecule has 0 saturated heterocycles. The Hall–Kier alpha value is -0.793. The van der Waals surface area contributed by atoms with Crippen molar-refractivity contribution in [2.45, 2.75) is 89.0 Å². The molecule has 1 aromatic heterocycles. The molecule has 2 atom stereocenters. The third-order valence-corrected chi connectivity index (χ3v) is 9.39. The molecule has 2 N–H and O–H groups in total. The Balaban J connectivity index is 2.49. The first-order valence-corrected chi connectivity index (χ1v) is 17.2. The molecule has 1 aromatic carbocycles. The molecule has 0 aliphatic rings. The normalized spacial score (nSPS) is 15.5. The number of hydrogen-bond donors (Lipinski definition) is 1. The third-order valence-electron chi connectivity index (χ3n) is 5.93. The number of aromatic nitrogens is 2. The Morgan fingerprint density at radius 2 is 1.83 bits per heavy atom. The Kier molecular flexibility index (Phi) is 9.83. The number of hydrogen-bond acceptors (Lipinski definition) is 4. The van der Waals surface area contributed by atoms with Crippen molar-refractivity contribution in [3.8, 4) is 0 Å². The molecule has 200 valence electrons. The number of imidazole rings is 1. The summed E-state index contributed by atoms with van der Waals surface area (Å²) in [6.07, 6.45) is -4.34. The highest BCUT2D eigenvalue weighted by Crippen LogP contribution is 2.37. The topological polar surface area (TPSA) is 79.4 Å². The second kappa shape index (κ2) is 11.3. The fraction of sp³-hybridized carbons (Fsp3) is 0.696. The number of alkyl halides is 3. The number of nitrogens with two attached hydrogens (primary N) is 1. The van der Waals surface area contributed by atoms with E-state index in [1.165, 1.54) is 0 Å². The van der Waals surface area contributed by atoms with Crippen molar-refractivity contribution < 1.29 is 26.9 Å². The van der Waals surface area contributed by atoms with Crippen LogP contribution >= 0.6 is 15.9 Å². The molecule has 6 nitrogen and oxygen atoms in total. The zero-order valence-electron chi connectivity index (χ0n) is 21.5. The summed E-state index contributed by atoms with van der Waals surface area (Å²) in [5.41, 5.74) is -0.886. The molecule has 12 heteroatoms. The molecule has 0 aliphatic carbocycles. The second-order valence-electron chi connectivity index (χ2n) is 11.2. The average Bonchev–Trinajstić information content (AvgIpc) is 3.04. The molecule has 0 saturated carbocycles. The van der Waals surface area contributed by atoms with Gasteiger partial charge in [0.25, 0.3) is 0 Å². The molecule has 1 unspecified atom stereocenters. The molecule has 0 bridgehead atoms. The lowest BCUT2D eigenvalue weighted by molar-refractivity contribution is -0.265. The Morgan fingerprint density at radius 3 is 2.37 bits per heavy atom. The lowest BCUT2D eigenvalue weighted by Gasteiger charge is -2.32. The van der Waals surface area contributed by atoms with Crippen LogP contribution in [0.1, 0.15) is 45.9 Å². The summed E-state index contributed by atoms with van der Waals surface area (Å²) in [6.45, 7) is 12.7. The maximum atomic E-state index is 13.5. The van der Waals surface area contributed by atoms with Gasteiger partial charge in [0.05, 0.1) is 33.4 Å². The Morgan fingerprint density at radius 1 is 1.20 bits per heavy atom. The number of ether oxygens (including phenoxy) is 2. The number of fused-ring (bicyclic) bond motifs is 1. The van der Waals surface area contributed by atoms with Crippen LogP contribution in [0.4, 0.5) is 13.2 Å². The van der Waals surface area contributed by atoms with Gasteiger partial charge in [0.2, 0.25) is 0 Å². The number of benzene rings is 1. The van der Waals surface area contributed by atoms with Gasteiger partial charge in [-0.1, -0.05) is 35.6 Å². The Bertz CT molecular complexity index is 1040. The predicted octanol–water partition coefficient (Wildman–Crippen LogP) is 6.34. The van der Waals surface area contributed by atoms with Crippen LogP contribution in [0.3, 0.4) is 0 Å². The molecule has 0 amide bonds. The van der Waals surface area contributed by atoms with Crippen molar-refractivity contribution in [3.63, 3.8) is 0 Å². The van der Waals surface area contributed by atoms with Crippen LogP contribution in [-0.4, -0.2) is 51.6 Å². The monoisotopic (exact) mass is 599 g/mol. The van der Waals surface area contributed by atoms with Gasteiger partial charge in [-0.15, -0.1) is 0 Å². The molecule has 35 heavy (non-hydrogen) atoms. The summed E-state index contributed by atoms with van der Waals surface area (Å²) in [5.74, 6) is -0.0894. The summed E-state index contributed by atoms with van der Waals surface area (Å²) in [7, 11) is -3.01. The molecule has 0 radical (unpaired) electrons. The molecular formula is C23H37BrF3N3O3SSi. The van der Waals surface area contributed by atoms with Gasteiger partial charge in [-0.25, -0.2) is 9.19 Å². The van der Waals surface area contributed by atoms with Crippen LogP contribution < -0.4 is 5.14 Å². The van der Waals surface area contributed by atoms with Crippen molar-refractivity contribution in [1.82, 2.24) is 9.55 Å². The Labute approximate surface area is 217 Å². The van der Waals surface area contributed by atoms with Gasteiger partial charge in [-0.2, -0.15) is 13.2 Å². The largest absolute Gasteiger partial charge is 0.416 e. The van der Waals surface area contributed by atoms with Crippen molar-refractivity contribution in [2.75, 3.05) is 13.2 Å². The lowest BCUT2D eigenvalue weighted by atomic mass is 9.95. The van der Waals surface area contributed by atoms with Crippen LogP contribution in [0, 0.1) is 0 Å². The molecule has 2 aromatic rings. The van der Waals surface area contributed by atoms with Crippen LogP contribution in [0.25, 0.3) is 11.0 Å². The minimum atomic E-state index is -4.55. The summed E-state index contributed by atoms with van der Waals surface area (Å²) in [4.78, 5) is 4.76. The minimum absolute atomic E-state index is 0.193. The van der Waals surface area contributed by atoms with Crippen LogP contribution in [0.5, 0.6) is 0 Å². The summed E-state index contributed by atoms with van der Waals surface area (Å²) >= 11 is 3.48. The highest BCUT2D eigenvalue weighted by Gasteiger charge is 2.49. The van der Waals surface area contributed by atoms with Crippen LogP contribution in [0.2, 0.25) is 25.7 Å². The highest BCUT2D eigenvalue weighted by molar-refractivity contribution is 9.10. The first-order chi connectivity index (χ1) is 15.8.